The number of carbonyl (C=O) groups is 1. The van der Waals surface area contributed by atoms with Gasteiger partial charge in [-0.15, -0.1) is 0 Å². The minimum Gasteiger partial charge on any atom is -0.353 e. The highest BCUT2D eigenvalue weighted by molar-refractivity contribution is 7.99. The molecule has 7 nitrogen and oxygen atoms in total. The van der Waals surface area contributed by atoms with Crippen LogP contribution in [0.1, 0.15) is 38.1 Å². The molecule has 0 radical (unpaired) electrons. The van der Waals surface area contributed by atoms with Crippen molar-refractivity contribution in [2.24, 2.45) is 0 Å². The lowest BCUT2D eigenvalue weighted by Crippen LogP contribution is -2.35. The Balaban J connectivity index is 1.45. The van der Waals surface area contributed by atoms with Crippen LogP contribution in [0.3, 0.4) is 0 Å². The quantitative estimate of drug-likeness (QED) is 0.643. The summed E-state index contributed by atoms with van der Waals surface area (Å²) in [6.07, 6.45) is 6.29. The molecule has 1 unspecified atom stereocenters. The summed E-state index contributed by atoms with van der Waals surface area (Å²) in [5.41, 5.74) is 1.16. The highest BCUT2D eigenvalue weighted by atomic mass is 35.5. The van der Waals surface area contributed by atoms with Gasteiger partial charge in [-0.1, -0.05) is 36.2 Å². The van der Waals surface area contributed by atoms with Crippen LogP contribution in [-0.4, -0.2) is 37.0 Å². The molecule has 1 saturated carbocycles. The maximum absolute atomic E-state index is 13.2. The van der Waals surface area contributed by atoms with E-state index < -0.39 is 0 Å². The molecule has 3 heterocycles. The minimum atomic E-state index is -0.181. The van der Waals surface area contributed by atoms with Gasteiger partial charge in [0.2, 0.25) is 5.91 Å². The van der Waals surface area contributed by atoms with Crippen LogP contribution < -0.4 is 10.9 Å². The SMILES string of the molecule is O=C(CC1CSc2nc3c(cnn3-c3ccc(Cl)cc3)c(=O)n21)NC1CCCC1. The van der Waals surface area contributed by atoms with Gasteiger partial charge in [-0.3, -0.25) is 14.2 Å². The third kappa shape index (κ3) is 3.44. The van der Waals surface area contributed by atoms with E-state index in [-0.39, 0.29) is 23.6 Å². The van der Waals surface area contributed by atoms with Crippen LogP contribution in [0.15, 0.2) is 40.4 Å². The molecule has 2 aliphatic rings. The van der Waals surface area contributed by atoms with Gasteiger partial charge in [0, 0.05) is 23.2 Å². The normalized spacial score (nSPS) is 19.0. The highest BCUT2D eigenvalue weighted by Crippen LogP contribution is 2.33. The van der Waals surface area contributed by atoms with Crippen LogP contribution in [0.2, 0.25) is 5.02 Å². The van der Waals surface area contributed by atoms with E-state index in [4.69, 9.17) is 16.6 Å². The summed E-state index contributed by atoms with van der Waals surface area (Å²) in [6, 6.07) is 7.33. The van der Waals surface area contributed by atoms with Gasteiger partial charge < -0.3 is 5.32 Å². The molecule has 9 heteroatoms. The number of halogens is 1. The second-order valence-corrected chi connectivity index (χ2v) is 8.98. The number of benzene rings is 1. The summed E-state index contributed by atoms with van der Waals surface area (Å²) < 4.78 is 3.31. The van der Waals surface area contributed by atoms with E-state index >= 15 is 0 Å². The van der Waals surface area contributed by atoms with Crippen molar-refractivity contribution in [3.8, 4) is 5.69 Å². The molecule has 5 rings (SSSR count). The van der Waals surface area contributed by atoms with Crippen LogP contribution in [0.4, 0.5) is 0 Å². The van der Waals surface area contributed by atoms with Gasteiger partial charge in [0.1, 0.15) is 5.39 Å². The molecule has 1 aromatic carbocycles. The zero-order chi connectivity index (χ0) is 20.0. The molecule has 1 amide bonds. The third-order valence-electron chi connectivity index (χ3n) is 5.58. The zero-order valence-corrected chi connectivity index (χ0v) is 17.2. The van der Waals surface area contributed by atoms with Gasteiger partial charge in [-0.25, -0.2) is 9.67 Å². The van der Waals surface area contributed by atoms with Gasteiger partial charge in [0.15, 0.2) is 10.8 Å². The fourth-order valence-corrected chi connectivity index (χ4v) is 5.38. The van der Waals surface area contributed by atoms with Crippen molar-refractivity contribution in [3.63, 3.8) is 0 Å². The monoisotopic (exact) mass is 429 g/mol. The molecule has 2 aromatic heterocycles. The van der Waals surface area contributed by atoms with E-state index in [0.717, 1.165) is 18.5 Å². The molecular weight excluding hydrogens is 410 g/mol. The van der Waals surface area contributed by atoms with Gasteiger partial charge in [0.25, 0.3) is 5.56 Å². The molecule has 1 aliphatic carbocycles. The van der Waals surface area contributed by atoms with Gasteiger partial charge in [-0.2, -0.15) is 5.10 Å². The molecule has 1 aliphatic heterocycles. The Morgan fingerprint density at radius 1 is 1.24 bits per heavy atom. The second kappa shape index (κ2) is 7.50. The third-order valence-corrected chi connectivity index (χ3v) is 6.93. The van der Waals surface area contributed by atoms with Crippen molar-refractivity contribution >= 4 is 40.3 Å². The van der Waals surface area contributed by atoms with E-state index in [2.05, 4.69) is 10.4 Å². The fourth-order valence-electron chi connectivity index (χ4n) is 4.12. The van der Waals surface area contributed by atoms with E-state index in [0.29, 0.717) is 33.4 Å². The number of hydrogen-bond acceptors (Lipinski definition) is 5. The number of carbonyl (C=O) groups excluding carboxylic acids is 1. The summed E-state index contributed by atoms with van der Waals surface area (Å²) in [4.78, 5) is 30.3. The molecular formula is C20H20ClN5O2S. The second-order valence-electron chi connectivity index (χ2n) is 7.56. The summed E-state index contributed by atoms with van der Waals surface area (Å²) >= 11 is 7.48. The Bertz CT molecular complexity index is 1130. The first kappa shape index (κ1) is 18.7. The number of thioether (sulfide) groups is 1. The molecule has 1 N–H and O–H groups in total. The lowest BCUT2D eigenvalue weighted by Gasteiger charge is -2.16. The average molecular weight is 430 g/mol. The van der Waals surface area contributed by atoms with Crippen molar-refractivity contribution in [2.75, 3.05) is 5.75 Å². The number of rotatable bonds is 4. The number of nitrogens with zero attached hydrogens (tertiary/aromatic N) is 4. The number of amides is 1. The molecule has 1 fully saturated rings. The maximum Gasteiger partial charge on any atom is 0.265 e. The Morgan fingerprint density at radius 2 is 2.00 bits per heavy atom. The lowest BCUT2D eigenvalue weighted by atomic mass is 10.2. The van der Waals surface area contributed by atoms with Crippen molar-refractivity contribution in [1.29, 1.82) is 0 Å². The molecule has 29 heavy (non-hydrogen) atoms. The molecule has 1 atom stereocenters. The Hall–Kier alpha value is -2.32. The summed E-state index contributed by atoms with van der Waals surface area (Å²) in [6.45, 7) is 0. The Labute approximate surface area is 176 Å². The first-order valence-electron chi connectivity index (χ1n) is 9.78. The maximum atomic E-state index is 13.2. The van der Waals surface area contributed by atoms with E-state index in [1.807, 2.05) is 12.1 Å². The van der Waals surface area contributed by atoms with Crippen molar-refractivity contribution < 1.29 is 4.79 Å². The van der Waals surface area contributed by atoms with Gasteiger partial charge in [-0.05, 0) is 37.1 Å². The van der Waals surface area contributed by atoms with Gasteiger partial charge in [0.05, 0.1) is 17.9 Å². The van der Waals surface area contributed by atoms with Crippen molar-refractivity contribution in [2.45, 2.75) is 49.3 Å². The number of hydrogen-bond donors (Lipinski definition) is 1. The Kier molecular flexibility index (Phi) is 4.83. The predicted molar refractivity (Wildman–Crippen MR) is 113 cm³/mol. The first-order chi connectivity index (χ1) is 14.1. The topological polar surface area (TPSA) is 81.8 Å². The van der Waals surface area contributed by atoms with E-state index in [1.54, 1.807) is 27.6 Å². The minimum absolute atomic E-state index is 0.0132. The van der Waals surface area contributed by atoms with Crippen LogP contribution in [0, 0.1) is 0 Å². The van der Waals surface area contributed by atoms with Crippen LogP contribution in [-0.2, 0) is 4.79 Å². The molecule has 0 spiro atoms. The molecule has 0 saturated heterocycles. The van der Waals surface area contributed by atoms with Crippen molar-refractivity contribution in [3.05, 3.63) is 45.8 Å². The number of fused-ring (bicyclic) bond motifs is 2. The highest BCUT2D eigenvalue weighted by Gasteiger charge is 2.30. The fraction of sp³-hybridized carbons (Fsp3) is 0.400. The van der Waals surface area contributed by atoms with Crippen LogP contribution >= 0.6 is 23.4 Å². The standard InChI is InChI=1S/C20H20ClN5O2S/c21-12-5-7-14(8-6-12)26-18-16(10-22-26)19(28)25-15(11-29-20(25)24-18)9-17(27)23-13-3-1-2-4-13/h5-8,10,13,15H,1-4,9,11H2,(H,23,27). The zero-order valence-electron chi connectivity index (χ0n) is 15.7. The summed E-state index contributed by atoms with van der Waals surface area (Å²) in [5, 5.41) is 9.19. The lowest BCUT2D eigenvalue weighted by molar-refractivity contribution is -0.122. The first-order valence-corrected chi connectivity index (χ1v) is 11.1. The molecule has 0 bridgehead atoms. The summed E-state index contributed by atoms with van der Waals surface area (Å²) in [5.74, 6) is 0.681. The predicted octanol–water partition coefficient (Wildman–Crippen LogP) is 3.33. The largest absolute Gasteiger partial charge is 0.353 e. The number of nitrogens with one attached hydrogen (secondary N) is 1. The van der Waals surface area contributed by atoms with Crippen molar-refractivity contribution in [1.82, 2.24) is 24.6 Å². The Morgan fingerprint density at radius 3 is 2.76 bits per heavy atom. The van der Waals surface area contributed by atoms with Crippen LogP contribution in [0.5, 0.6) is 0 Å². The van der Waals surface area contributed by atoms with Crippen LogP contribution in [0.25, 0.3) is 16.7 Å². The van der Waals surface area contributed by atoms with E-state index in [9.17, 15) is 9.59 Å². The van der Waals surface area contributed by atoms with E-state index in [1.165, 1.54) is 24.6 Å². The molecule has 150 valence electrons. The average Bonchev–Trinajstić information content (AvgIpc) is 3.43. The van der Waals surface area contributed by atoms with Gasteiger partial charge >= 0.3 is 0 Å². The summed E-state index contributed by atoms with van der Waals surface area (Å²) in [7, 11) is 0. The smallest absolute Gasteiger partial charge is 0.265 e. The molecule has 3 aromatic rings. The number of aromatic nitrogens is 4.